The molecule has 3 N–H and O–H groups in total. The number of carboxylic acid groups (broad SMARTS) is 1. The van der Waals surface area contributed by atoms with Crippen molar-refractivity contribution in [2.24, 2.45) is 11.8 Å². The Bertz CT molecular complexity index is 412. The molecular formula is C19H33NO4. The summed E-state index contributed by atoms with van der Waals surface area (Å²) in [5.74, 6) is 0.359. The summed E-state index contributed by atoms with van der Waals surface area (Å²) in [6.45, 7) is 3.67. The number of unbranched alkanes of at least 4 members (excludes halogenated alkanes) is 1. The molecule has 138 valence electrons. The molecule has 1 unspecified atom stereocenters. The molecule has 24 heavy (non-hydrogen) atoms. The van der Waals surface area contributed by atoms with Gasteiger partial charge in [-0.2, -0.15) is 0 Å². The molecule has 0 aliphatic carbocycles. The van der Waals surface area contributed by atoms with Crippen molar-refractivity contribution in [2.45, 2.75) is 76.6 Å². The van der Waals surface area contributed by atoms with Gasteiger partial charge in [-0.1, -0.05) is 25.5 Å². The van der Waals surface area contributed by atoms with Crippen molar-refractivity contribution >= 4 is 5.97 Å². The molecule has 2 aliphatic rings. The second-order valence-electron chi connectivity index (χ2n) is 7.21. The molecule has 2 heterocycles. The quantitative estimate of drug-likeness (QED) is 0.376. The van der Waals surface area contributed by atoms with Crippen LogP contribution in [0.4, 0.5) is 0 Å². The topological polar surface area (TPSA) is 78.8 Å². The molecule has 0 amide bonds. The number of carboxylic acids is 1. The summed E-state index contributed by atoms with van der Waals surface area (Å²) in [7, 11) is 0. The van der Waals surface area contributed by atoms with Gasteiger partial charge >= 0.3 is 5.97 Å². The number of allylic oxidation sites excluding steroid dienone is 2. The molecule has 2 saturated heterocycles. The predicted molar refractivity (Wildman–Crippen MR) is 93.9 cm³/mol. The molecule has 5 nitrogen and oxygen atoms in total. The van der Waals surface area contributed by atoms with Crippen LogP contribution in [0.25, 0.3) is 0 Å². The summed E-state index contributed by atoms with van der Waals surface area (Å²) in [6.07, 6.45) is 11.8. The van der Waals surface area contributed by atoms with E-state index in [0.29, 0.717) is 37.0 Å². The lowest BCUT2D eigenvalue weighted by Crippen LogP contribution is -2.38. The van der Waals surface area contributed by atoms with E-state index in [2.05, 4.69) is 24.4 Å². The minimum Gasteiger partial charge on any atom is -0.481 e. The molecule has 0 spiro atoms. The third kappa shape index (κ3) is 5.87. The largest absolute Gasteiger partial charge is 0.481 e. The van der Waals surface area contributed by atoms with Gasteiger partial charge in [-0.05, 0) is 44.4 Å². The lowest BCUT2D eigenvalue weighted by Gasteiger charge is -2.28. The number of rotatable bonds is 12. The molecule has 2 bridgehead atoms. The van der Waals surface area contributed by atoms with Crippen molar-refractivity contribution in [3.63, 3.8) is 0 Å². The van der Waals surface area contributed by atoms with Crippen molar-refractivity contribution in [3.05, 3.63) is 12.2 Å². The number of fused-ring (bicyclic) bond motifs is 2. The number of carbonyl (C=O) groups is 1. The van der Waals surface area contributed by atoms with E-state index in [0.717, 1.165) is 45.1 Å². The van der Waals surface area contributed by atoms with Crippen LogP contribution in [-0.4, -0.2) is 47.6 Å². The van der Waals surface area contributed by atoms with Crippen molar-refractivity contribution in [3.8, 4) is 0 Å². The Labute approximate surface area is 145 Å². The number of hydrogen-bond acceptors (Lipinski definition) is 4. The summed E-state index contributed by atoms with van der Waals surface area (Å²) >= 11 is 0. The van der Waals surface area contributed by atoms with E-state index in [1.165, 1.54) is 0 Å². The van der Waals surface area contributed by atoms with E-state index in [4.69, 9.17) is 9.84 Å². The van der Waals surface area contributed by atoms with Crippen LogP contribution in [0.5, 0.6) is 0 Å². The predicted octanol–water partition coefficient (Wildman–Crippen LogP) is 2.73. The monoisotopic (exact) mass is 339 g/mol. The number of aliphatic hydroxyl groups is 1. The maximum Gasteiger partial charge on any atom is 0.303 e. The van der Waals surface area contributed by atoms with Crippen LogP contribution < -0.4 is 5.32 Å². The summed E-state index contributed by atoms with van der Waals surface area (Å²) in [5.41, 5.74) is 0. The Hall–Kier alpha value is -0.910. The van der Waals surface area contributed by atoms with Crippen molar-refractivity contribution in [2.75, 3.05) is 13.1 Å². The molecular weight excluding hydrogens is 306 g/mol. The first-order valence-electron chi connectivity index (χ1n) is 9.52. The Balaban J connectivity index is 1.71. The van der Waals surface area contributed by atoms with Gasteiger partial charge in [0.15, 0.2) is 0 Å². The Morgan fingerprint density at radius 1 is 1.29 bits per heavy atom. The Morgan fingerprint density at radius 3 is 2.75 bits per heavy atom. The fraction of sp³-hybridized carbons (Fsp3) is 0.842. The zero-order valence-electron chi connectivity index (χ0n) is 14.8. The standard InChI is InChI=1S/C19H33NO4/c1-2-7-14(21)12-20-13-16-15(17-10-11-18(16)24-17)8-5-3-4-6-9-19(22)23/h3,5,14-18,20-21H,2,4,6-13H2,1H3,(H,22,23)/b5-3-/t14?,15-,16-,17-,18+/m1/s1. The molecule has 5 heteroatoms. The maximum absolute atomic E-state index is 10.5. The number of ether oxygens (including phenoxy) is 1. The van der Waals surface area contributed by atoms with Crippen LogP contribution >= 0.6 is 0 Å². The molecule has 0 aromatic carbocycles. The molecule has 2 rings (SSSR count). The molecule has 0 saturated carbocycles. The van der Waals surface area contributed by atoms with Crippen LogP contribution in [0.1, 0.15) is 58.3 Å². The first-order valence-corrected chi connectivity index (χ1v) is 9.52. The zero-order chi connectivity index (χ0) is 17.4. The van der Waals surface area contributed by atoms with E-state index in [-0.39, 0.29) is 12.5 Å². The summed E-state index contributed by atoms with van der Waals surface area (Å²) in [5, 5.41) is 21.9. The van der Waals surface area contributed by atoms with Crippen LogP contribution in [-0.2, 0) is 9.53 Å². The fourth-order valence-corrected chi connectivity index (χ4v) is 4.07. The summed E-state index contributed by atoms with van der Waals surface area (Å²) in [4.78, 5) is 10.5. The molecule has 0 radical (unpaired) electrons. The number of aliphatic carboxylic acids is 1. The van der Waals surface area contributed by atoms with Gasteiger partial charge in [0.2, 0.25) is 0 Å². The number of nitrogens with one attached hydrogen (secondary N) is 1. The second-order valence-corrected chi connectivity index (χ2v) is 7.21. The van der Waals surface area contributed by atoms with E-state index >= 15 is 0 Å². The van der Waals surface area contributed by atoms with Gasteiger partial charge < -0.3 is 20.3 Å². The molecule has 2 fully saturated rings. The van der Waals surface area contributed by atoms with Crippen LogP contribution in [0.15, 0.2) is 12.2 Å². The SMILES string of the molecule is CCCC(O)CNC[C@@H]1[C@@H](C/C=C\CCCC(=O)O)[C@H]2CC[C@@H]1O2. The maximum atomic E-state index is 10.5. The normalized spacial score (nSPS) is 30.2. The van der Waals surface area contributed by atoms with Crippen molar-refractivity contribution < 1.29 is 19.7 Å². The van der Waals surface area contributed by atoms with Gasteiger partial charge in [-0.15, -0.1) is 0 Å². The molecule has 2 aliphatic heterocycles. The summed E-state index contributed by atoms with van der Waals surface area (Å²) < 4.78 is 6.10. The van der Waals surface area contributed by atoms with Gasteiger partial charge in [0.25, 0.3) is 0 Å². The lowest BCUT2D eigenvalue weighted by molar-refractivity contribution is -0.137. The van der Waals surface area contributed by atoms with Gasteiger partial charge in [-0.25, -0.2) is 0 Å². The smallest absolute Gasteiger partial charge is 0.303 e. The van der Waals surface area contributed by atoms with Gasteiger partial charge in [-0.3, -0.25) is 4.79 Å². The Morgan fingerprint density at radius 2 is 2.04 bits per heavy atom. The highest BCUT2D eigenvalue weighted by atomic mass is 16.5. The molecule has 5 atom stereocenters. The Kier molecular flexibility index (Phi) is 8.22. The fourth-order valence-electron chi connectivity index (χ4n) is 4.07. The lowest BCUT2D eigenvalue weighted by atomic mass is 9.77. The first kappa shape index (κ1) is 19.4. The molecule has 0 aromatic heterocycles. The van der Waals surface area contributed by atoms with Crippen LogP contribution in [0.3, 0.4) is 0 Å². The van der Waals surface area contributed by atoms with Crippen molar-refractivity contribution in [1.29, 1.82) is 0 Å². The highest BCUT2D eigenvalue weighted by molar-refractivity contribution is 5.66. The van der Waals surface area contributed by atoms with Crippen LogP contribution in [0, 0.1) is 11.8 Å². The van der Waals surface area contributed by atoms with E-state index < -0.39 is 5.97 Å². The van der Waals surface area contributed by atoms with E-state index in [1.807, 2.05) is 0 Å². The molecule has 0 aromatic rings. The average Bonchev–Trinajstić information content (AvgIpc) is 3.12. The second kappa shape index (κ2) is 10.2. The third-order valence-electron chi connectivity index (χ3n) is 5.31. The number of hydrogen-bond donors (Lipinski definition) is 3. The zero-order valence-corrected chi connectivity index (χ0v) is 14.8. The highest BCUT2D eigenvalue weighted by Gasteiger charge is 2.47. The first-order chi connectivity index (χ1) is 11.6. The van der Waals surface area contributed by atoms with E-state index in [9.17, 15) is 9.90 Å². The minimum absolute atomic E-state index is 0.244. The highest BCUT2D eigenvalue weighted by Crippen LogP contribution is 2.44. The van der Waals surface area contributed by atoms with Gasteiger partial charge in [0.1, 0.15) is 0 Å². The average molecular weight is 339 g/mol. The third-order valence-corrected chi connectivity index (χ3v) is 5.31. The number of aliphatic hydroxyl groups excluding tert-OH is 1. The van der Waals surface area contributed by atoms with E-state index in [1.54, 1.807) is 0 Å². The minimum atomic E-state index is -0.721. The van der Waals surface area contributed by atoms with Gasteiger partial charge in [0.05, 0.1) is 18.3 Å². The van der Waals surface area contributed by atoms with Crippen LogP contribution in [0.2, 0.25) is 0 Å². The van der Waals surface area contributed by atoms with Gasteiger partial charge in [0, 0.05) is 25.4 Å². The van der Waals surface area contributed by atoms with Crippen molar-refractivity contribution in [1.82, 2.24) is 5.32 Å². The summed E-state index contributed by atoms with van der Waals surface area (Å²) in [6, 6.07) is 0.